The molecule has 0 atom stereocenters. The van der Waals surface area contributed by atoms with Gasteiger partial charge in [-0.25, -0.2) is 0 Å². The van der Waals surface area contributed by atoms with Gasteiger partial charge in [0.15, 0.2) is 0 Å². The number of hydrogen-bond acceptors (Lipinski definition) is 0. The first kappa shape index (κ1) is 17.2. The second-order valence-corrected chi connectivity index (χ2v) is 6.49. The average Bonchev–Trinajstić information content (AvgIpc) is 2.54. The van der Waals surface area contributed by atoms with Crippen LogP contribution in [-0.4, -0.2) is 9.13 Å². The number of imidazole rings is 1. The average molecular weight is 371 g/mol. The van der Waals surface area contributed by atoms with Crippen molar-refractivity contribution in [3.8, 4) is 0 Å². The standard InChI is InChI=1S/C8H12.C7H12N2.ClH.Rh/c1-2-4-6-8-7-5-3-1;1-6-7(2)9(4)5-8(6)3;;/h1-2,7-8H,3-6H2;1-4H3;1H;/q;;;+1/p-1. The minimum Gasteiger partial charge on any atom is -0.0496 e. The maximum atomic E-state index is 5.85. The number of aromatic nitrogens is 2. The van der Waals surface area contributed by atoms with Crippen molar-refractivity contribution in [1.29, 1.82) is 0 Å². The van der Waals surface area contributed by atoms with Crippen LogP contribution in [0.1, 0.15) is 37.1 Å². The maximum absolute atomic E-state index is 5.85. The van der Waals surface area contributed by atoms with Gasteiger partial charge in [0.1, 0.15) is 0 Å². The Morgan fingerprint density at radius 1 is 0.842 bits per heavy atom. The van der Waals surface area contributed by atoms with Crippen molar-refractivity contribution in [3.63, 3.8) is 0 Å². The largest absolute Gasteiger partial charge is 0.0496 e. The summed E-state index contributed by atoms with van der Waals surface area (Å²) in [5.74, 6) is 0. The molecular formula is C15H24ClN2Rh. The Labute approximate surface area is 129 Å². The van der Waals surface area contributed by atoms with Crippen LogP contribution in [0.3, 0.4) is 0 Å². The molecule has 110 valence electrons. The van der Waals surface area contributed by atoms with E-state index >= 15 is 0 Å². The first-order valence-electron chi connectivity index (χ1n) is 6.63. The summed E-state index contributed by atoms with van der Waals surface area (Å²) in [6, 6.07) is 0. The van der Waals surface area contributed by atoms with Gasteiger partial charge in [-0.1, -0.05) is 0 Å². The quantitative estimate of drug-likeness (QED) is 0.608. The van der Waals surface area contributed by atoms with Crippen molar-refractivity contribution in [2.75, 3.05) is 0 Å². The van der Waals surface area contributed by atoms with E-state index in [9.17, 15) is 0 Å². The smallest absolute Gasteiger partial charge is 0.0352 e. The number of rotatable bonds is 0. The van der Waals surface area contributed by atoms with Crippen molar-refractivity contribution in [1.82, 2.24) is 9.13 Å². The summed E-state index contributed by atoms with van der Waals surface area (Å²) in [5, 5.41) is 0. The second-order valence-electron chi connectivity index (χ2n) is 4.70. The molecule has 1 aromatic heterocycles. The first-order chi connectivity index (χ1) is 9.09. The van der Waals surface area contributed by atoms with Gasteiger partial charge in [0.25, 0.3) is 0 Å². The van der Waals surface area contributed by atoms with Crippen LogP contribution in [0, 0.1) is 43.5 Å². The van der Waals surface area contributed by atoms with Crippen molar-refractivity contribution in [2.45, 2.75) is 39.5 Å². The van der Waals surface area contributed by atoms with E-state index in [0.717, 1.165) is 0 Å². The number of halogens is 1. The summed E-state index contributed by atoms with van der Waals surface area (Å²) >= 11 is -0.00351. The number of nitrogens with zero attached hydrogens (tertiary/aromatic N) is 2. The molecule has 4 radical (unpaired) electrons. The van der Waals surface area contributed by atoms with Gasteiger partial charge in [0, 0.05) is 0 Å². The van der Waals surface area contributed by atoms with Gasteiger partial charge >= 0.3 is 77.9 Å². The molecule has 1 aliphatic carbocycles. The summed E-state index contributed by atoms with van der Waals surface area (Å²) in [5.41, 5.74) is 2.60. The molecule has 4 heteroatoms. The fourth-order valence-corrected chi connectivity index (χ4v) is 3.88. The predicted molar refractivity (Wildman–Crippen MR) is 78.6 cm³/mol. The summed E-state index contributed by atoms with van der Waals surface area (Å²) in [7, 11) is 9.97. The molecule has 0 bridgehead atoms. The Morgan fingerprint density at radius 2 is 1.16 bits per heavy atom. The van der Waals surface area contributed by atoms with Crippen molar-refractivity contribution < 1.29 is 15.7 Å². The van der Waals surface area contributed by atoms with E-state index in [2.05, 4.69) is 62.8 Å². The molecule has 1 aromatic rings. The first-order valence-corrected chi connectivity index (χ1v) is 9.56. The molecule has 1 heterocycles. The van der Waals surface area contributed by atoms with Crippen LogP contribution in [0.15, 0.2) is 0 Å². The SMILES string of the molecule is Cc1c(C)n(C)[c](=[Rh][Cl])n1C.[CH]1[CH]CC[CH][CH]CC1. The van der Waals surface area contributed by atoms with Crippen LogP contribution in [0.4, 0.5) is 0 Å². The van der Waals surface area contributed by atoms with Crippen LogP contribution in [0.2, 0.25) is 0 Å². The Hall–Kier alpha value is 0.123. The minimum atomic E-state index is -0.00351. The third kappa shape index (κ3) is 5.19. The molecule has 0 aromatic carbocycles. The molecule has 2 rings (SSSR count). The Morgan fingerprint density at radius 3 is 1.37 bits per heavy atom. The molecular weight excluding hydrogens is 347 g/mol. The van der Waals surface area contributed by atoms with Gasteiger partial charge in [-0.3, -0.25) is 0 Å². The van der Waals surface area contributed by atoms with Crippen LogP contribution in [0.25, 0.3) is 0 Å². The van der Waals surface area contributed by atoms with E-state index in [-0.39, 0.29) is 15.7 Å². The summed E-state index contributed by atoms with van der Waals surface area (Å²) in [6.07, 6.45) is 14.0. The van der Waals surface area contributed by atoms with E-state index < -0.39 is 0 Å². The fourth-order valence-electron chi connectivity index (χ4n) is 1.91. The molecule has 1 aliphatic rings. The molecule has 19 heavy (non-hydrogen) atoms. The predicted octanol–water partition coefficient (Wildman–Crippen LogP) is 4.13. The van der Waals surface area contributed by atoms with Crippen LogP contribution in [-0.2, 0) is 29.8 Å². The number of hydrogen-bond donors (Lipinski definition) is 0. The third-order valence-corrected chi connectivity index (χ3v) is 5.49. The zero-order chi connectivity index (χ0) is 14.3. The van der Waals surface area contributed by atoms with Crippen molar-refractivity contribution in [2.24, 2.45) is 14.1 Å². The van der Waals surface area contributed by atoms with Crippen LogP contribution >= 0.6 is 9.69 Å². The molecule has 0 aliphatic heterocycles. The van der Waals surface area contributed by atoms with Crippen molar-refractivity contribution in [3.05, 3.63) is 41.1 Å². The van der Waals surface area contributed by atoms with Gasteiger partial charge < -0.3 is 0 Å². The van der Waals surface area contributed by atoms with E-state index in [4.69, 9.17) is 9.69 Å². The Bertz CT molecular complexity index is 393. The van der Waals surface area contributed by atoms with E-state index in [1.807, 2.05) is 0 Å². The fraction of sp³-hybridized carbons (Fsp3) is 0.533. The van der Waals surface area contributed by atoms with E-state index in [1.165, 1.54) is 41.1 Å². The maximum Gasteiger partial charge on any atom is -0.0352 e. The Kier molecular flexibility index (Phi) is 8.25. The Balaban J connectivity index is 0.000000200. The van der Waals surface area contributed by atoms with Crippen LogP contribution < -0.4 is 0 Å². The minimum absolute atomic E-state index is 0.00351. The summed E-state index contributed by atoms with van der Waals surface area (Å²) in [6.45, 7) is 4.23. The second kappa shape index (κ2) is 9.13. The molecule has 1 saturated carbocycles. The molecule has 1 fully saturated rings. The molecule has 0 spiro atoms. The van der Waals surface area contributed by atoms with E-state index in [1.54, 1.807) is 0 Å². The molecule has 0 saturated heterocycles. The summed E-state index contributed by atoms with van der Waals surface area (Å²) in [4.78, 5) is 0. The zero-order valence-electron chi connectivity index (χ0n) is 12.2. The molecule has 0 unspecified atom stereocenters. The zero-order valence-corrected chi connectivity index (χ0v) is 14.6. The van der Waals surface area contributed by atoms with Crippen LogP contribution in [0.5, 0.6) is 0 Å². The van der Waals surface area contributed by atoms with Gasteiger partial charge in [0.05, 0.1) is 0 Å². The van der Waals surface area contributed by atoms with Gasteiger partial charge in [0.2, 0.25) is 0 Å². The van der Waals surface area contributed by atoms with Gasteiger partial charge in [-0.15, -0.1) is 0 Å². The molecule has 0 N–H and O–H groups in total. The van der Waals surface area contributed by atoms with Crippen molar-refractivity contribution >= 4 is 9.69 Å². The normalized spacial score (nSPS) is 16.5. The van der Waals surface area contributed by atoms with Gasteiger partial charge in [-0.2, -0.15) is 0 Å². The monoisotopic (exact) mass is 370 g/mol. The molecule has 0 amide bonds. The topological polar surface area (TPSA) is 9.86 Å². The molecule has 2 nitrogen and oxygen atoms in total. The summed E-state index contributed by atoms with van der Waals surface area (Å²) < 4.78 is 5.54. The van der Waals surface area contributed by atoms with E-state index in [0.29, 0.717) is 0 Å². The van der Waals surface area contributed by atoms with Gasteiger partial charge in [-0.05, 0) is 51.4 Å². The third-order valence-electron chi connectivity index (χ3n) is 3.44.